The zero-order valence-corrected chi connectivity index (χ0v) is 11.4. The van der Waals surface area contributed by atoms with Gasteiger partial charge in [0, 0.05) is 16.8 Å². The number of fused-ring (bicyclic) bond motifs is 1. The number of carbonyl (C=O) groups excluding carboxylic acids is 1. The topological polar surface area (TPSA) is 107 Å². The number of nitrogens with two attached hydrogens (primary N) is 1. The minimum Gasteiger partial charge on any atom is -0.506 e. The van der Waals surface area contributed by atoms with E-state index in [0.29, 0.717) is 6.07 Å². The summed E-state index contributed by atoms with van der Waals surface area (Å²) in [5.41, 5.74) is 0. The Labute approximate surface area is 122 Å². The Balaban J connectivity index is 2.73. The van der Waals surface area contributed by atoms with Crippen molar-refractivity contribution in [2.75, 3.05) is 0 Å². The Bertz CT molecular complexity index is 861. The van der Waals surface area contributed by atoms with Crippen LogP contribution in [0.3, 0.4) is 0 Å². The fraction of sp³-hybridized carbons (Fsp3) is 0.0833. The first-order chi connectivity index (χ1) is 10.0. The lowest BCUT2D eigenvalue weighted by Gasteiger charge is -2.13. The maximum atomic E-state index is 12.3. The lowest BCUT2D eigenvalue weighted by Crippen LogP contribution is -2.28. The van der Waals surface area contributed by atoms with Crippen LogP contribution in [0.4, 0.5) is 13.2 Å². The minimum atomic E-state index is -5.26. The van der Waals surface area contributed by atoms with Gasteiger partial charge in [-0.2, -0.15) is 13.2 Å². The third-order valence-corrected chi connectivity index (χ3v) is 3.61. The van der Waals surface area contributed by atoms with E-state index < -0.39 is 38.6 Å². The third kappa shape index (κ3) is 2.97. The maximum Gasteiger partial charge on any atom is 0.491 e. The van der Waals surface area contributed by atoms with Gasteiger partial charge in [-0.1, -0.05) is 24.3 Å². The van der Waals surface area contributed by atoms with Crippen LogP contribution >= 0.6 is 0 Å². The molecule has 0 bridgehead atoms. The molecule has 0 fully saturated rings. The van der Waals surface area contributed by atoms with E-state index in [1.165, 1.54) is 24.3 Å². The van der Waals surface area contributed by atoms with Crippen molar-refractivity contribution in [3.63, 3.8) is 0 Å². The number of aromatic hydroxyl groups is 1. The highest BCUT2D eigenvalue weighted by Gasteiger charge is 2.41. The van der Waals surface area contributed by atoms with Crippen LogP contribution < -0.4 is 9.88 Å². The number of halogens is 3. The van der Waals surface area contributed by atoms with E-state index in [4.69, 9.17) is 5.14 Å². The summed E-state index contributed by atoms with van der Waals surface area (Å²) >= 11 is 0. The van der Waals surface area contributed by atoms with E-state index in [1.807, 2.05) is 0 Å². The number of benzene rings is 2. The van der Waals surface area contributed by atoms with Gasteiger partial charge in [0.2, 0.25) is 10.0 Å². The molecule has 0 unspecified atom stereocenters. The molecule has 0 heterocycles. The molecule has 22 heavy (non-hydrogen) atoms. The fourth-order valence-corrected chi connectivity index (χ4v) is 2.41. The van der Waals surface area contributed by atoms with Crippen molar-refractivity contribution in [1.29, 1.82) is 0 Å². The van der Waals surface area contributed by atoms with Crippen molar-refractivity contribution >= 4 is 26.8 Å². The first kappa shape index (κ1) is 16.0. The summed E-state index contributed by atoms with van der Waals surface area (Å²) in [7, 11) is -4.44. The number of ether oxygens (including phenoxy) is 1. The van der Waals surface area contributed by atoms with E-state index >= 15 is 0 Å². The first-order valence-electron chi connectivity index (χ1n) is 5.58. The molecule has 3 N–H and O–H groups in total. The SMILES string of the molecule is NS(=O)(=O)c1cc(OC(=O)C(F)(F)F)c2ccccc2c1O. The molecule has 10 heteroatoms. The second kappa shape index (κ2) is 5.14. The smallest absolute Gasteiger partial charge is 0.491 e. The van der Waals surface area contributed by atoms with Crippen LogP contribution in [0, 0.1) is 0 Å². The summed E-state index contributed by atoms with van der Waals surface area (Å²) in [6, 6.07) is 5.87. The molecule has 0 amide bonds. The van der Waals surface area contributed by atoms with E-state index in [-0.39, 0.29) is 10.8 Å². The number of esters is 1. The highest BCUT2D eigenvalue weighted by molar-refractivity contribution is 7.89. The van der Waals surface area contributed by atoms with Crippen LogP contribution in [0.2, 0.25) is 0 Å². The summed E-state index contributed by atoms with van der Waals surface area (Å²) in [6.45, 7) is 0. The Hall–Kier alpha value is -2.33. The Morgan fingerprint density at radius 3 is 2.23 bits per heavy atom. The van der Waals surface area contributed by atoms with Crippen molar-refractivity contribution in [3.05, 3.63) is 30.3 Å². The molecular formula is C12H8F3NO5S. The van der Waals surface area contributed by atoms with Crippen LogP contribution in [0.1, 0.15) is 0 Å². The molecular weight excluding hydrogens is 327 g/mol. The van der Waals surface area contributed by atoms with Crippen molar-refractivity contribution < 1.29 is 36.2 Å². The molecule has 0 aliphatic carbocycles. The summed E-state index contributed by atoms with van der Waals surface area (Å²) in [5, 5.41) is 14.6. The predicted molar refractivity (Wildman–Crippen MR) is 68.7 cm³/mol. The van der Waals surface area contributed by atoms with Crippen LogP contribution in [0.25, 0.3) is 10.8 Å². The van der Waals surface area contributed by atoms with Gasteiger partial charge in [0.05, 0.1) is 0 Å². The average molecular weight is 335 g/mol. The van der Waals surface area contributed by atoms with Gasteiger partial charge in [0.25, 0.3) is 0 Å². The quantitative estimate of drug-likeness (QED) is 0.641. The highest BCUT2D eigenvalue weighted by Crippen LogP contribution is 2.38. The molecule has 118 valence electrons. The molecule has 2 rings (SSSR count). The van der Waals surface area contributed by atoms with Crippen molar-refractivity contribution in [2.45, 2.75) is 11.1 Å². The molecule has 0 aliphatic heterocycles. The van der Waals surface area contributed by atoms with Crippen molar-refractivity contribution in [2.24, 2.45) is 5.14 Å². The number of phenolic OH excluding ortho intramolecular Hbond substituents is 1. The van der Waals surface area contributed by atoms with Crippen LogP contribution in [-0.2, 0) is 14.8 Å². The predicted octanol–water partition coefficient (Wildman–Crippen LogP) is 1.66. The number of rotatable bonds is 2. The molecule has 2 aromatic carbocycles. The van der Waals surface area contributed by atoms with Gasteiger partial charge in [-0.15, -0.1) is 0 Å². The van der Waals surface area contributed by atoms with Gasteiger partial charge in [-0.3, -0.25) is 0 Å². The molecule has 6 nitrogen and oxygen atoms in total. The van der Waals surface area contributed by atoms with E-state index in [0.717, 1.165) is 0 Å². The third-order valence-electron chi connectivity index (χ3n) is 2.68. The number of hydrogen-bond acceptors (Lipinski definition) is 5. The highest BCUT2D eigenvalue weighted by atomic mass is 32.2. The molecule has 0 aromatic heterocycles. The lowest BCUT2D eigenvalue weighted by atomic mass is 10.1. The van der Waals surface area contributed by atoms with Crippen molar-refractivity contribution in [3.8, 4) is 11.5 Å². The monoisotopic (exact) mass is 335 g/mol. The second-order valence-corrected chi connectivity index (χ2v) is 5.73. The summed E-state index contributed by atoms with van der Waals surface area (Å²) < 4.78 is 63.8. The van der Waals surface area contributed by atoms with Gasteiger partial charge >= 0.3 is 12.1 Å². The summed E-state index contributed by atoms with van der Waals surface area (Å²) in [4.78, 5) is 10.1. The van der Waals surface area contributed by atoms with Gasteiger partial charge in [-0.25, -0.2) is 18.4 Å². The van der Waals surface area contributed by atoms with Crippen LogP contribution in [-0.4, -0.2) is 25.7 Å². The van der Waals surface area contributed by atoms with Gasteiger partial charge < -0.3 is 9.84 Å². The number of alkyl halides is 3. The second-order valence-electron chi connectivity index (χ2n) is 4.20. The molecule has 0 saturated heterocycles. The van der Waals surface area contributed by atoms with Gasteiger partial charge in [-0.05, 0) is 0 Å². The Kier molecular flexibility index (Phi) is 3.75. The molecule has 0 aliphatic rings. The van der Waals surface area contributed by atoms with Gasteiger partial charge in [0.15, 0.2) is 0 Å². The molecule has 2 aromatic rings. The maximum absolute atomic E-state index is 12.3. The lowest BCUT2D eigenvalue weighted by molar-refractivity contribution is -0.189. The zero-order chi connectivity index (χ0) is 16.7. The fourth-order valence-electron chi connectivity index (χ4n) is 1.76. The summed E-state index contributed by atoms with van der Waals surface area (Å²) in [6.07, 6.45) is -5.26. The van der Waals surface area contributed by atoms with Crippen LogP contribution in [0.15, 0.2) is 35.2 Å². The first-order valence-corrected chi connectivity index (χ1v) is 7.13. The van der Waals surface area contributed by atoms with Gasteiger partial charge in [0.1, 0.15) is 16.4 Å². The number of primary sulfonamides is 1. The Morgan fingerprint density at radius 2 is 1.73 bits per heavy atom. The number of hydrogen-bond donors (Lipinski definition) is 2. The molecule has 0 spiro atoms. The minimum absolute atomic E-state index is 0.0787. The summed E-state index contributed by atoms with van der Waals surface area (Å²) in [5.74, 6) is -3.95. The van der Waals surface area contributed by atoms with Crippen molar-refractivity contribution in [1.82, 2.24) is 0 Å². The van der Waals surface area contributed by atoms with E-state index in [1.54, 1.807) is 0 Å². The number of sulfonamides is 1. The normalized spacial score (nSPS) is 12.4. The van der Waals surface area contributed by atoms with Crippen LogP contribution in [0.5, 0.6) is 11.5 Å². The van der Waals surface area contributed by atoms with E-state index in [2.05, 4.69) is 4.74 Å². The molecule has 0 atom stereocenters. The molecule has 0 radical (unpaired) electrons. The van der Waals surface area contributed by atoms with E-state index in [9.17, 15) is 31.5 Å². The zero-order valence-electron chi connectivity index (χ0n) is 10.6. The molecule has 0 saturated carbocycles. The standard InChI is InChI=1S/C12H8F3NO5S/c13-12(14,15)11(18)21-8-5-9(22(16,19)20)10(17)7-4-2-1-3-6(7)8/h1-5,17H,(H2,16,19,20). The number of phenols is 1. The number of carbonyl (C=O) groups is 1. The largest absolute Gasteiger partial charge is 0.506 e. The average Bonchev–Trinajstić information content (AvgIpc) is 2.39. The Morgan fingerprint density at radius 1 is 1.18 bits per heavy atom.